The Labute approximate surface area is 128 Å². The molecule has 0 aromatic heterocycles. The molecule has 0 aliphatic heterocycles. The highest BCUT2D eigenvalue weighted by Gasteiger charge is 2.18. The van der Waals surface area contributed by atoms with Crippen LogP contribution in [0.15, 0.2) is 34.8 Å². The summed E-state index contributed by atoms with van der Waals surface area (Å²) in [6.45, 7) is 0. The Hall–Kier alpha value is -1.17. The minimum atomic E-state index is -0.768. The van der Waals surface area contributed by atoms with Crippen molar-refractivity contribution >= 4 is 27.5 Å². The number of ether oxygens (including phenoxy) is 1. The van der Waals surface area contributed by atoms with Gasteiger partial charge in [-0.3, -0.25) is 0 Å². The number of hydrogen-bond acceptors (Lipinski definition) is 2. The van der Waals surface area contributed by atoms with E-state index in [2.05, 4.69) is 15.9 Å². The Kier molecular flexibility index (Phi) is 4.62. The Balaban J connectivity index is 2.46. The van der Waals surface area contributed by atoms with E-state index in [0.717, 1.165) is 0 Å². The number of methoxy groups -OCH3 is 1. The molecule has 106 valence electrons. The topological polar surface area (TPSA) is 35.2 Å². The molecule has 2 N–H and O–H groups in total. The fourth-order valence-electron chi connectivity index (χ4n) is 1.83. The SMILES string of the molecule is COc1cc(C(N)c2ccc(Br)c(Cl)c2F)ccc1F. The summed E-state index contributed by atoms with van der Waals surface area (Å²) in [5.74, 6) is -1.05. The van der Waals surface area contributed by atoms with Crippen LogP contribution in [0, 0.1) is 11.6 Å². The van der Waals surface area contributed by atoms with Gasteiger partial charge in [-0.15, -0.1) is 0 Å². The molecule has 0 bridgehead atoms. The molecule has 20 heavy (non-hydrogen) atoms. The highest BCUT2D eigenvalue weighted by molar-refractivity contribution is 9.10. The van der Waals surface area contributed by atoms with Crippen LogP contribution in [0.25, 0.3) is 0 Å². The Bertz CT molecular complexity index is 651. The molecule has 1 atom stereocenters. The number of benzene rings is 2. The van der Waals surface area contributed by atoms with Crippen LogP contribution in [0.3, 0.4) is 0 Å². The lowest BCUT2D eigenvalue weighted by Crippen LogP contribution is -2.14. The van der Waals surface area contributed by atoms with Crippen LogP contribution in [0.2, 0.25) is 5.02 Å². The standard InChI is InChI=1S/C14H11BrClF2NO/c1-20-11-6-7(2-5-10(11)17)14(19)8-3-4-9(15)12(16)13(8)18/h2-6,14H,19H2,1H3. The van der Waals surface area contributed by atoms with E-state index in [1.807, 2.05) is 0 Å². The lowest BCUT2D eigenvalue weighted by atomic mass is 9.99. The summed E-state index contributed by atoms with van der Waals surface area (Å²) < 4.78 is 32.8. The second kappa shape index (κ2) is 6.08. The van der Waals surface area contributed by atoms with Gasteiger partial charge in [0.15, 0.2) is 11.6 Å². The van der Waals surface area contributed by atoms with Crippen LogP contribution in [-0.4, -0.2) is 7.11 Å². The highest BCUT2D eigenvalue weighted by atomic mass is 79.9. The van der Waals surface area contributed by atoms with Gasteiger partial charge in [0.05, 0.1) is 18.2 Å². The van der Waals surface area contributed by atoms with Crippen LogP contribution in [-0.2, 0) is 0 Å². The zero-order valence-electron chi connectivity index (χ0n) is 10.5. The molecule has 0 saturated heterocycles. The average Bonchev–Trinajstić information content (AvgIpc) is 2.45. The van der Waals surface area contributed by atoms with Crippen LogP contribution in [0.5, 0.6) is 5.75 Å². The van der Waals surface area contributed by atoms with Gasteiger partial charge in [-0.05, 0) is 39.7 Å². The maximum atomic E-state index is 14.1. The molecule has 0 saturated carbocycles. The van der Waals surface area contributed by atoms with Gasteiger partial charge < -0.3 is 10.5 Å². The summed E-state index contributed by atoms with van der Waals surface area (Å²) in [7, 11) is 1.35. The van der Waals surface area contributed by atoms with Crippen molar-refractivity contribution < 1.29 is 13.5 Å². The molecule has 0 fully saturated rings. The average molecular weight is 363 g/mol. The molecule has 6 heteroatoms. The second-order valence-corrected chi connectivity index (χ2v) is 5.37. The van der Waals surface area contributed by atoms with Gasteiger partial charge in [-0.2, -0.15) is 0 Å². The molecule has 0 heterocycles. The van der Waals surface area contributed by atoms with Crippen molar-refractivity contribution in [2.24, 2.45) is 5.73 Å². The molecular weight excluding hydrogens is 352 g/mol. The fourth-order valence-corrected chi connectivity index (χ4v) is 2.31. The predicted molar refractivity (Wildman–Crippen MR) is 78.1 cm³/mol. The zero-order chi connectivity index (χ0) is 14.9. The van der Waals surface area contributed by atoms with Crippen LogP contribution >= 0.6 is 27.5 Å². The van der Waals surface area contributed by atoms with E-state index < -0.39 is 17.7 Å². The first-order valence-electron chi connectivity index (χ1n) is 5.68. The molecular formula is C14H11BrClF2NO. The highest BCUT2D eigenvalue weighted by Crippen LogP contribution is 2.33. The molecule has 0 spiro atoms. The third kappa shape index (κ3) is 2.80. The predicted octanol–water partition coefficient (Wildman–Crippen LogP) is 4.44. The summed E-state index contributed by atoms with van der Waals surface area (Å²) in [5, 5.41) is -0.0352. The molecule has 1 unspecified atom stereocenters. The van der Waals surface area contributed by atoms with E-state index in [0.29, 0.717) is 10.0 Å². The van der Waals surface area contributed by atoms with Gasteiger partial charge in [-0.25, -0.2) is 8.78 Å². The maximum absolute atomic E-state index is 14.1. The Morgan fingerprint density at radius 2 is 1.95 bits per heavy atom. The molecule has 0 radical (unpaired) electrons. The third-order valence-electron chi connectivity index (χ3n) is 2.93. The van der Waals surface area contributed by atoms with Crippen molar-refractivity contribution in [3.8, 4) is 5.75 Å². The van der Waals surface area contributed by atoms with E-state index in [1.165, 1.54) is 31.4 Å². The van der Waals surface area contributed by atoms with Gasteiger partial charge in [0.2, 0.25) is 0 Å². The van der Waals surface area contributed by atoms with E-state index in [-0.39, 0.29) is 16.3 Å². The summed E-state index contributed by atoms with van der Waals surface area (Å²) in [5.41, 5.74) is 6.77. The monoisotopic (exact) mass is 361 g/mol. The van der Waals surface area contributed by atoms with Gasteiger partial charge in [-0.1, -0.05) is 23.7 Å². The Morgan fingerprint density at radius 3 is 2.60 bits per heavy atom. The lowest BCUT2D eigenvalue weighted by molar-refractivity contribution is 0.385. The maximum Gasteiger partial charge on any atom is 0.165 e. The zero-order valence-corrected chi connectivity index (χ0v) is 12.8. The van der Waals surface area contributed by atoms with Crippen molar-refractivity contribution in [2.45, 2.75) is 6.04 Å². The van der Waals surface area contributed by atoms with Gasteiger partial charge in [0.25, 0.3) is 0 Å². The largest absolute Gasteiger partial charge is 0.494 e. The van der Waals surface area contributed by atoms with Crippen LogP contribution < -0.4 is 10.5 Å². The van der Waals surface area contributed by atoms with E-state index >= 15 is 0 Å². The van der Waals surface area contributed by atoms with Crippen molar-refractivity contribution in [1.82, 2.24) is 0 Å². The molecule has 2 nitrogen and oxygen atoms in total. The first-order valence-corrected chi connectivity index (χ1v) is 6.85. The van der Waals surface area contributed by atoms with E-state index in [9.17, 15) is 8.78 Å². The number of halogens is 4. The first-order chi connectivity index (χ1) is 9.45. The summed E-state index contributed by atoms with van der Waals surface area (Å²) in [4.78, 5) is 0. The summed E-state index contributed by atoms with van der Waals surface area (Å²) >= 11 is 8.97. The number of nitrogens with two attached hydrogens (primary N) is 1. The quantitative estimate of drug-likeness (QED) is 0.820. The molecule has 2 aromatic carbocycles. The van der Waals surface area contributed by atoms with Gasteiger partial charge in [0.1, 0.15) is 5.82 Å². The second-order valence-electron chi connectivity index (χ2n) is 4.14. The molecule has 2 aromatic rings. The minimum absolute atomic E-state index is 0.0352. The summed E-state index contributed by atoms with van der Waals surface area (Å²) in [6.07, 6.45) is 0. The molecule has 0 aliphatic carbocycles. The van der Waals surface area contributed by atoms with Crippen molar-refractivity contribution in [3.63, 3.8) is 0 Å². The van der Waals surface area contributed by atoms with Crippen LogP contribution in [0.1, 0.15) is 17.2 Å². The van der Waals surface area contributed by atoms with Gasteiger partial charge >= 0.3 is 0 Å². The Morgan fingerprint density at radius 1 is 1.25 bits per heavy atom. The minimum Gasteiger partial charge on any atom is -0.494 e. The number of hydrogen-bond donors (Lipinski definition) is 1. The van der Waals surface area contributed by atoms with Crippen LogP contribution in [0.4, 0.5) is 8.78 Å². The van der Waals surface area contributed by atoms with E-state index in [4.69, 9.17) is 22.1 Å². The number of rotatable bonds is 3. The molecule has 0 aliphatic rings. The normalized spacial score (nSPS) is 12.3. The lowest BCUT2D eigenvalue weighted by Gasteiger charge is -2.16. The smallest absolute Gasteiger partial charge is 0.165 e. The first kappa shape index (κ1) is 15.2. The van der Waals surface area contributed by atoms with Crippen molar-refractivity contribution in [2.75, 3.05) is 7.11 Å². The van der Waals surface area contributed by atoms with Gasteiger partial charge in [0, 0.05) is 10.0 Å². The van der Waals surface area contributed by atoms with Crippen molar-refractivity contribution in [1.29, 1.82) is 0 Å². The summed E-state index contributed by atoms with van der Waals surface area (Å²) in [6, 6.07) is 6.53. The molecule has 2 rings (SSSR count). The van der Waals surface area contributed by atoms with Crippen molar-refractivity contribution in [3.05, 3.63) is 62.6 Å². The third-order valence-corrected chi connectivity index (χ3v) is 4.19. The molecule has 0 amide bonds. The van der Waals surface area contributed by atoms with E-state index in [1.54, 1.807) is 6.07 Å². The fraction of sp³-hybridized carbons (Fsp3) is 0.143.